The van der Waals surface area contributed by atoms with E-state index in [9.17, 15) is 9.59 Å². The molecule has 0 aromatic heterocycles. The van der Waals surface area contributed by atoms with Crippen LogP contribution in [0.3, 0.4) is 0 Å². The number of nitrogens with one attached hydrogen (secondary N) is 1. The first-order valence-electron chi connectivity index (χ1n) is 8.32. The quantitative estimate of drug-likeness (QED) is 0.746. The fraction of sp³-hybridized carbons (Fsp3) is 0.200. The van der Waals surface area contributed by atoms with Gasteiger partial charge >= 0.3 is 12.0 Å². The highest BCUT2D eigenvalue weighted by Gasteiger charge is 2.37. The fourth-order valence-corrected chi connectivity index (χ4v) is 3.27. The Morgan fingerprint density at radius 3 is 2.42 bits per heavy atom. The Hall–Kier alpha value is -2.60. The molecule has 6 heteroatoms. The summed E-state index contributed by atoms with van der Waals surface area (Å²) in [4.78, 5) is 27.0. The molecule has 0 unspecified atom stereocenters. The summed E-state index contributed by atoms with van der Waals surface area (Å²) in [5.74, 6) is -0.432. The Morgan fingerprint density at radius 1 is 1.15 bits per heavy atom. The number of nitrogens with zero attached hydrogens (tertiary/aromatic N) is 1. The first kappa shape index (κ1) is 18.2. The molecule has 3 rings (SSSR count). The van der Waals surface area contributed by atoms with Crippen molar-refractivity contribution in [3.8, 4) is 0 Å². The lowest BCUT2D eigenvalue weighted by Crippen LogP contribution is -2.48. The van der Waals surface area contributed by atoms with Crippen molar-refractivity contribution >= 4 is 33.6 Å². The van der Waals surface area contributed by atoms with Crippen LogP contribution < -0.4 is 10.2 Å². The van der Waals surface area contributed by atoms with E-state index in [4.69, 9.17) is 4.74 Å². The Kier molecular flexibility index (Phi) is 5.42. The summed E-state index contributed by atoms with van der Waals surface area (Å²) >= 11 is 3.40. The van der Waals surface area contributed by atoms with Gasteiger partial charge in [-0.2, -0.15) is 0 Å². The SMILES string of the molecule is CCOC(=O)C1=C(C)N(c2ccccc2)C(=O)N[C@H]1c1ccc(Br)cc1. The first-order chi connectivity index (χ1) is 12.5. The third-order valence-corrected chi connectivity index (χ3v) is 4.73. The van der Waals surface area contributed by atoms with Crippen molar-refractivity contribution in [3.05, 3.63) is 75.9 Å². The van der Waals surface area contributed by atoms with Gasteiger partial charge in [-0.1, -0.05) is 46.3 Å². The minimum atomic E-state index is -0.561. The van der Waals surface area contributed by atoms with E-state index in [1.54, 1.807) is 13.8 Å². The lowest BCUT2D eigenvalue weighted by Gasteiger charge is -2.35. The van der Waals surface area contributed by atoms with Crippen LogP contribution in [0.2, 0.25) is 0 Å². The number of amides is 2. The van der Waals surface area contributed by atoms with Crippen molar-refractivity contribution in [1.29, 1.82) is 0 Å². The molecule has 26 heavy (non-hydrogen) atoms. The van der Waals surface area contributed by atoms with Gasteiger partial charge in [0.1, 0.15) is 0 Å². The van der Waals surface area contributed by atoms with Crippen LogP contribution in [-0.4, -0.2) is 18.6 Å². The van der Waals surface area contributed by atoms with E-state index in [1.165, 1.54) is 4.90 Å². The zero-order valence-corrected chi connectivity index (χ0v) is 16.1. The van der Waals surface area contributed by atoms with Gasteiger partial charge < -0.3 is 10.1 Å². The smallest absolute Gasteiger partial charge is 0.338 e. The van der Waals surface area contributed by atoms with Crippen LogP contribution in [-0.2, 0) is 9.53 Å². The van der Waals surface area contributed by atoms with E-state index in [-0.39, 0.29) is 12.6 Å². The second kappa shape index (κ2) is 7.74. The number of benzene rings is 2. The number of rotatable bonds is 4. The number of urea groups is 1. The zero-order chi connectivity index (χ0) is 18.7. The monoisotopic (exact) mass is 414 g/mol. The van der Waals surface area contributed by atoms with Gasteiger partial charge in [0, 0.05) is 10.2 Å². The summed E-state index contributed by atoms with van der Waals surface area (Å²) in [6, 6.07) is 15.9. The Balaban J connectivity index is 2.11. The van der Waals surface area contributed by atoms with Gasteiger partial charge in [-0.05, 0) is 43.7 Å². The highest BCUT2D eigenvalue weighted by atomic mass is 79.9. The van der Waals surface area contributed by atoms with Crippen molar-refractivity contribution < 1.29 is 14.3 Å². The van der Waals surface area contributed by atoms with Gasteiger partial charge in [0.05, 0.1) is 23.9 Å². The Morgan fingerprint density at radius 2 is 1.81 bits per heavy atom. The number of hydrogen-bond donors (Lipinski definition) is 1. The van der Waals surface area contributed by atoms with Gasteiger partial charge in [-0.3, -0.25) is 4.90 Å². The van der Waals surface area contributed by atoms with E-state index >= 15 is 0 Å². The fourth-order valence-electron chi connectivity index (χ4n) is 3.01. The molecule has 0 spiro atoms. The van der Waals surface area contributed by atoms with Crippen LogP contribution >= 0.6 is 15.9 Å². The van der Waals surface area contributed by atoms with Crippen LogP contribution in [0.1, 0.15) is 25.5 Å². The highest BCUT2D eigenvalue weighted by Crippen LogP contribution is 2.34. The average Bonchev–Trinajstić information content (AvgIpc) is 2.63. The Labute approximate surface area is 160 Å². The summed E-state index contributed by atoms with van der Waals surface area (Å²) in [7, 11) is 0. The summed E-state index contributed by atoms with van der Waals surface area (Å²) < 4.78 is 6.19. The van der Waals surface area contributed by atoms with Crippen LogP contribution in [0.4, 0.5) is 10.5 Å². The third kappa shape index (κ3) is 3.51. The van der Waals surface area contributed by atoms with E-state index in [2.05, 4.69) is 21.2 Å². The van der Waals surface area contributed by atoms with Crippen molar-refractivity contribution in [2.75, 3.05) is 11.5 Å². The average molecular weight is 415 g/mol. The maximum absolute atomic E-state index is 12.8. The molecular formula is C20H19BrN2O3. The number of ether oxygens (including phenoxy) is 1. The topological polar surface area (TPSA) is 58.6 Å². The van der Waals surface area contributed by atoms with Gasteiger partial charge in [0.2, 0.25) is 0 Å². The Bertz CT molecular complexity index is 847. The summed E-state index contributed by atoms with van der Waals surface area (Å²) in [6.07, 6.45) is 0. The van der Waals surface area contributed by atoms with Gasteiger partial charge in [0.15, 0.2) is 0 Å². The molecule has 5 nitrogen and oxygen atoms in total. The molecule has 0 radical (unpaired) electrons. The number of allylic oxidation sites excluding steroid dienone is 1. The van der Waals surface area contributed by atoms with Crippen molar-refractivity contribution in [1.82, 2.24) is 5.32 Å². The van der Waals surface area contributed by atoms with Crippen LogP contribution in [0, 0.1) is 0 Å². The molecule has 0 fully saturated rings. The number of anilines is 1. The molecule has 0 saturated heterocycles. The lowest BCUT2D eigenvalue weighted by molar-refractivity contribution is -0.139. The molecule has 1 N–H and O–H groups in total. The number of carbonyl (C=O) groups excluding carboxylic acids is 2. The summed E-state index contributed by atoms with van der Waals surface area (Å²) in [5.41, 5.74) is 2.50. The number of hydrogen-bond acceptors (Lipinski definition) is 3. The lowest BCUT2D eigenvalue weighted by atomic mass is 9.94. The van der Waals surface area contributed by atoms with Crippen LogP contribution in [0.25, 0.3) is 0 Å². The number of para-hydroxylation sites is 1. The van der Waals surface area contributed by atoms with E-state index in [1.807, 2.05) is 54.6 Å². The molecule has 1 heterocycles. The molecule has 2 aromatic rings. The maximum atomic E-state index is 12.8. The van der Waals surface area contributed by atoms with E-state index in [0.717, 1.165) is 10.0 Å². The molecule has 0 saturated carbocycles. The molecule has 2 aromatic carbocycles. The standard InChI is InChI=1S/C20H19BrN2O3/c1-3-26-19(24)17-13(2)23(16-7-5-4-6-8-16)20(25)22-18(17)14-9-11-15(21)12-10-14/h4-12,18H,3H2,1-2H3,(H,22,25)/t18-/m0/s1. The van der Waals surface area contributed by atoms with Crippen molar-refractivity contribution in [3.63, 3.8) is 0 Å². The van der Waals surface area contributed by atoms with E-state index in [0.29, 0.717) is 17.0 Å². The minimum absolute atomic E-state index is 0.266. The maximum Gasteiger partial charge on any atom is 0.338 e. The van der Waals surface area contributed by atoms with Gasteiger partial charge in [0.25, 0.3) is 0 Å². The molecule has 2 amide bonds. The molecule has 1 aliphatic rings. The van der Waals surface area contributed by atoms with Gasteiger partial charge in [-0.15, -0.1) is 0 Å². The zero-order valence-electron chi connectivity index (χ0n) is 14.5. The predicted molar refractivity (Wildman–Crippen MR) is 104 cm³/mol. The molecule has 1 aliphatic heterocycles. The molecule has 134 valence electrons. The third-order valence-electron chi connectivity index (χ3n) is 4.20. The highest BCUT2D eigenvalue weighted by molar-refractivity contribution is 9.10. The van der Waals surface area contributed by atoms with Crippen molar-refractivity contribution in [2.24, 2.45) is 0 Å². The molecule has 1 atom stereocenters. The van der Waals surface area contributed by atoms with Crippen LogP contribution in [0.15, 0.2) is 70.3 Å². The summed E-state index contributed by atoms with van der Waals surface area (Å²) in [5, 5.41) is 2.93. The number of halogens is 1. The largest absolute Gasteiger partial charge is 0.463 e. The number of carbonyl (C=O) groups is 2. The molecule has 0 aliphatic carbocycles. The minimum Gasteiger partial charge on any atom is -0.463 e. The second-order valence-electron chi connectivity index (χ2n) is 5.82. The normalized spacial score (nSPS) is 17.1. The molecule has 0 bridgehead atoms. The second-order valence-corrected chi connectivity index (χ2v) is 6.74. The van der Waals surface area contributed by atoms with Crippen molar-refractivity contribution in [2.45, 2.75) is 19.9 Å². The summed E-state index contributed by atoms with van der Waals surface area (Å²) in [6.45, 7) is 3.80. The number of esters is 1. The van der Waals surface area contributed by atoms with E-state index < -0.39 is 12.0 Å². The van der Waals surface area contributed by atoms with Gasteiger partial charge in [-0.25, -0.2) is 9.59 Å². The first-order valence-corrected chi connectivity index (χ1v) is 9.11. The van der Waals surface area contributed by atoms with Crippen LogP contribution in [0.5, 0.6) is 0 Å². The predicted octanol–water partition coefficient (Wildman–Crippen LogP) is 4.56. The molecular weight excluding hydrogens is 396 g/mol.